The van der Waals surface area contributed by atoms with Crippen molar-refractivity contribution < 1.29 is 12.8 Å². The Kier molecular flexibility index (Phi) is 3.61. The lowest BCUT2D eigenvalue weighted by Crippen LogP contribution is -2.15. The van der Waals surface area contributed by atoms with Crippen molar-refractivity contribution in [2.45, 2.75) is 12.5 Å². The summed E-state index contributed by atoms with van der Waals surface area (Å²) >= 11 is 5.95. The predicted molar refractivity (Wildman–Crippen MR) is 70.3 cm³/mol. The van der Waals surface area contributed by atoms with Crippen molar-refractivity contribution in [3.8, 4) is 0 Å². The number of sulfone groups is 1. The van der Waals surface area contributed by atoms with Crippen molar-refractivity contribution in [2.24, 2.45) is 5.73 Å². The summed E-state index contributed by atoms with van der Waals surface area (Å²) in [5, 5.41) is 0.460. The van der Waals surface area contributed by atoms with Crippen LogP contribution in [0.4, 0.5) is 0 Å². The van der Waals surface area contributed by atoms with E-state index in [4.69, 9.17) is 21.8 Å². The van der Waals surface area contributed by atoms with Crippen LogP contribution >= 0.6 is 11.6 Å². The smallest absolute Gasteiger partial charge is 0.212 e. The molecule has 1 aromatic heterocycles. The maximum atomic E-state index is 11.1. The lowest BCUT2D eigenvalue weighted by atomic mass is 10.2. The van der Waals surface area contributed by atoms with E-state index in [0.29, 0.717) is 22.0 Å². The average Bonchev–Trinajstić information content (AvgIpc) is 2.70. The first-order chi connectivity index (χ1) is 8.37. The highest BCUT2D eigenvalue weighted by Crippen LogP contribution is 2.26. The standard InChI is InChI=1S/C11H13ClN2O3S/c1-18(15,16)6-5-8(13)11-14-9-4-2-3-7(12)10(9)17-11/h2-4,8H,5-6,13H2,1H3. The minimum atomic E-state index is -3.04. The van der Waals surface area contributed by atoms with E-state index < -0.39 is 15.9 Å². The molecule has 0 aliphatic carbocycles. The molecular weight excluding hydrogens is 276 g/mol. The van der Waals surface area contributed by atoms with Crippen LogP contribution < -0.4 is 5.73 Å². The molecule has 2 aromatic rings. The van der Waals surface area contributed by atoms with Crippen molar-refractivity contribution in [3.05, 3.63) is 29.1 Å². The number of nitrogens with two attached hydrogens (primary N) is 1. The van der Waals surface area contributed by atoms with Crippen LogP contribution in [0.2, 0.25) is 5.02 Å². The first kappa shape index (κ1) is 13.3. The summed E-state index contributed by atoms with van der Waals surface area (Å²) in [7, 11) is -3.04. The molecule has 7 heteroatoms. The third-order valence-corrected chi connectivity index (χ3v) is 3.78. The number of rotatable bonds is 4. The Morgan fingerprint density at radius 2 is 2.22 bits per heavy atom. The number of nitrogens with zero attached hydrogens (tertiary/aromatic N) is 1. The molecular formula is C11H13ClN2O3S. The van der Waals surface area contributed by atoms with Crippen LogP contribution in [-0.2, 0) is 9.84 Å². The van der Waals surface area contributed by atoms with Gasteiger partial charge in [0.1, 0.15) is 15.4 Å². The molecule has 0 amide bonds. The molecule has 1 aromatic carbocycles. The molecule has 18 heavy (non-hydrogen) atoms. The fraction of sp³-hybridized carbons (Fsp3) is 0.364. The Labute approximate surface area is 110 Å². The van der Waals surface area contributed by atoms with E-state index in [1.165, 1.54) is 6.26 Å². The van der Waals surface area contributed by atoms with Crippen LogP contribution in [-0.4, -0.2) is 25.4 Å². The number of fused-ring (bicyclic) bond motifs is 1. The topological polar surface area (TPSA) is 86.2 Å². The van der Waals surface area contributed by atoms with Crippen LogP contribution in [0, 0.1) is 0 Å². The zero-order valence-corrected chi connectivity index (χ0v) is 11.3. The first-order valence-corrected chi connectivity index (χ1v) is 7.79. The van der Waals surface area contributed by atoms with Gasteiger partial charge >= 0.3 is 0 Å². The highest BCUT2D eigenvalue weighted by atomic mass is 35.5. The molecule has 0 aliphatic rings. The number of oxazole rings is 1. The van der Waals surface area contributed by atoms with E-state index in [0.717, 1.165) is 0 Å². The van der Waals surface area contributed by atoms with E-state index in [1.54, 1.807) is 18.2 Å². The molecule has 1 heterocycles. The first-order valence-electron chi connectivity index (χ1n) is 5.35. The monoisotopic (exact) mass is 288 g/mol. The summed E-state index contributed by atoms with van der Waals surface area (Å²) in [6.07, 6.45) is 1.44. The Morgan fingerprint density at radius 1 is 1.50 bits per heavy atom. The average molecular weight is 289 g/mol. The molecule has 2 N–H and O–H groups in total. The number of benzene rings is 1. The largest absolute Gasteiger partial charge is 0.437 e. The maximum absolute atomic E-state index is 11.1. The minimum absolute atomic E-state index is 0.000619. The summed E-state index contributed by atoms with van der Waals surface area (Å²) < 4.78 is 27.6. The summed E-state index contributed by atoms with van der Waals surface area (Å²) in [4.78, 5) is 4.20. The van der Waals surface area contributed by atoms with Gasteiger partial charge in [0.25, 0.3) is 0 Å². The number of hydrogen-bond acceptors (Lipinski definition) is 5. The molecule has 2 rings (SSSR count). The van der Waals surface area contributed by atoms with Gasteiger partial charge in [0.2, 0.25) is 5.89 Å². The van der Waals surface area contributed by atoms with Crippen molar-refractivity contribution in [3.63, 3.8) is 0 Å². The molecule has 0 saturated carbocycles. The van der Waals surface area contributed by atoms with Gasteiger partial charge in [-0.3, -0.25) is 0 Å². The van der Waals surface area contributed by atoms with E-state index in [-0.39, 0.29) is 12.2 Å². The lowest BCUT2D eigenvalue weighted by Gasteiger charge is -2.05. The number of hydrogen-bond donors (Lipinski definition) is 1. The SMILES string of the molecule is CS(=O)(=O)CCC(N)c1nc2cccc(Cl)c2o1. The molecule has 1 unspecified atom stereocenters. The number of halogens is 1. The van der Waals surface area contributed by atoms with Crippen LogP contribution in [0.3, 0.4) is 0 Å². The maximum Gasteiger partial charge on any atom is 0.212 e. The Hall–Kier alpha value is -1.11. The van der Waals surface area contributed by atoms with Crippen LogP contribution in [0.1, 0.15) is 18.4 Å². The van der Waals surface area contributed by atoms with E-state index in [1.807, 2.05) is 0 Å². The molecule has 5 nitrogen and oxygen atoms in total. The molecule has 0 aliphatic heterocycles. The third kappa shape index (κ3) is 3.01. The molecule has 0 radical (unpaired) electrons. The highest BCUT2D eigenvalue weighted by molar-refractivity contribution is 7.90. The van der Waals surface area contributed by atoms with Gasteiger partial charge < -0.3 is 10.2 Å². The normalized spacial score (nSPS) is 13.9. The van der Waals surface area contributed by atoms with Gasteiger partial charge in [-0.1, -0.05) is 17.7 Å². The van der Waals surface area contributed by atoms with Crippen molar-refractivity contribution in [1.29, 1.82) is 0 Å². The zero-order chi connectivity index (χ0) is 13.3. The second-order valence-electron chi connectivity index (χ2n) is 4.17. The summed E-state index contributed by atoms with van der Waals surface area (Å²) in [6.45, 7) is 0. The Balaban J connectivity index is 2.23. The second kappa shape index (κ2) is 4.87. The summed E-state index contributed by atoms with van der Waals surface area (Å²) in [5.41, 5.74) is 6.95. The summed E-state index contributed by atoms with van der Waals surface area (Å²) in [6, 6.07) is 4.67. The number of para-hydroxylation sites is 1. The van der Waals surface area contributed by atoms with Gasteiger partial charge in [-0.25, -0.2) is 13.4 Å². The van der Waals surface area contributed by atoms with Crippen molar-refractivity contribution >= 4 is 32.5 Å². The fourth-order valence-electron chi connectivity index (χ4n) is 1.56. The van der Waals surface area contributed by atoms with Crippen molar-refractivity contribution in [1.82, 2.24) is 4.98 Å². The predicted octanol–water partition coefficient (Wildman–Crippen LogP) is 1.92. The van der Waals surface area contributed by atoms with E-state index >= 15 is 0 Å². The zero-order valence-electron chi connectivity index (χ0n) is 9.76. The molecule has 0 saturated heterocycles. The molecule has 1 atom stereocenters. The van der Waals surface area contributed by atoms with Crippen LogP contribution in [0.25, 0.3) is 11.1 Å². The van der Waals surface area contributed by atoms with E-state index in [9.17, 15) is 8.42 Å². The molecule has 0 spiro atoms. The fourth-order valence-corrected chi connectivity index (χ4v) is 2.45. The van der Waals surface area contributed by atoms with Gasteiger partial charge in [-0.2, -0.15) is 0 Å². The Bertz CT molecular complexity index is 666. The third-order valence-electron chi connectivity index (χ3n) is 2.50. The quantitative estimate of drug-likeness (QED) is 0.929. The Morgan fingerprint density at radius 3 is 2.83 bits per heavy atom. The van der Waals surface area contributed by atoms with Crippen molar-refractivity contribution in [2.75, 3.05) is 12.0 Å². The van der Waals surface area contributed by atoms with Crippen LogP contribution in [0.15, 0.2) is 22.6 Å². The molecule has 98 valence electrons. The van der Waals surface area contributed by atoms with Gasteiger partial charge in [0.15, 0.2) is 5.58 Å². The van der Waals surface area contributed by atoms with E-state index in [2.05, 4.69) is 4.98 Å². The van der Waals surface area contributed by atoms with Gasteiger partial charge in [0, 0.05) is 6.26 Å². The minimum Gasteiger partial charge on any atom is -0.437 e. The second-order valence-corrected chi connectivity index (χ2v) is 6.83. The molecule has 0 bridgehead atoms. The van der Waals surface area contributed by atoms with Crippen LogP contribution in [0.5, 0.6) is 0 Å². The lowest BCUT2D eigenvalue weighted by molar-refractivity contribution is 0.468. The van der Waals surface area contributed by atoms with Gasteiger partial charge in [-0.15, -0.1) is 0 Å². The van der Waals surface area contributed by atoms with Gasteiger partial charge in [-0.05, 0) is 18.6 Å². The highest BCUT2D eigenvalue weighted by Gasteiger charge is 2.17. The van der Waals surface area contributed by atoms with Gasteiger partial charge in [0.05, 0.1) is 16.8 Å². The molecule has 0 fully saturated rings. The summed E-state index contributed by atoms with van der Waals surface area (Å²) in [5.74, 6) is 0.308. The number of aromatic nitrogens is 1.